The van der Waals surface area contributed by atoms with E-state index in [4.69, 9.17) is 9.84 Å². The van der Waals surface area contributed by atoms with E-state index in [1.165, 1.54) is 12.1 Å². The second-order valence-electron chi connectivity index (χ2n) is 7.54. The quantitative estimate of drug-likeness (QED) is 0.586. The van der Waals surface area contributed by atoms with Crippen molar-refractivity contribution >= 4 is 6.09 Å². The van der Waals surface area contributed by atoms with Gasteiger partial charge in [-0.05, 0) is 37.5 Å². The van der Waals surface area contributed by atoms with Gasteiger partial charge >= 0.3 is 6.09 Å². The van der Waals surface area contributed by atoms with Crippen LogP contribution in [0.5, 0.6) is 0 Å². The van der Waals surface area contributed by atoms with Gasteiger partial charge < -0.3 is 14.7 Å². The van der Waals surface area contributed by atoms with E-state index in [-0.39, 0.29) is 30.7 Å². The van der Waals surface area contributed by atoms with Gasteiger partial charge in [-0.15, -0.1) is 0 Å². The largest absolute Gasteiger partial charge is 0.446 e. The van der Waals surface area contributed by atoms with Crippen LogP contribution < -0.4 is 0 Å². The molecule has 1 aliphatic heterocycles. The third-order valence-corrected chi connectivity index (χ3v) is 5.33. The average Bonchev–Trinajstić information content (AvgIpc) is 2.84. The number of cyclic esters (lactones) is 1. The number of aliphatic hydroxyl groups is 1. The second-order valence-corrected chi connectivity index (χ2v) is 7.54. The summed E-state index contributed by atoms with van der Waals surface area (Å²) in [4.78, 5) is 22.4. The SMILES string of the molecule is CC(c1ccc(-c2cnccn2)cc1)N1CCC(CCCO)OC1=O.Fc1ccccc1. The minimum atomic E-state index is -0.278. The summed E-state index contributed by atoms with van der Waals surface area (Å²) in [6.45, 7) is 2.81. The van der Waals surface area contributed by atoms with Crippen LogP contribution in [-0.4, -0.2) is 45.3 Å². The smallest absolute Gasteiger partial charge is 0.410 e. The van der Waals surface area contributed by atoms with Crippen LogP contribution in [0, 0.1) is 5.82 Å². The van der Waals surface area contributed by atoms with Crippen LogP contribution in [0.25, 0.3) is 11.3 Å². The topological polar surface area (TPSA) is 75.6 Å². The van der Waals surface area contributed by atoms with Crippen LogP contribution in [0.4, 0.5) is 9.18 Å². The lowest BCUT2D eigenvalue weighted by atomic mass is 10.0. The molecule has 0 saturated carbocycles. The molecule has 0 bridgehead atoms. The lowest BCUT2D eigenvalue weighted by molar-refractivity contribution is 0.00760. The van der Waals surface area contributed by atoms with Crippen molar-refractivity contribution in [2.24, 2.45) is 0 Å². The molecule has 4 rings (SSSR count). The third-order valence-electron chi connectivity index (χ3n) is 5.33. The first kappa shape index (κ1) is 23.3. The number of rotatable bonds is 6. The van der Waals surface area contributed by atoms with Crippen molar-refractivity contribution < 1.29 is 19.0 Å². The maximum atomic E-state index is 12.3. The number of hydrogen-bond acceptors (Lipinski definition) is 5. The van der Waals surface area contributed by atoms with E-state index < -0.39 is 0 Å². The third kappa shape index (κ3) is 6.59. The van der Waals surface area contributed by atoms with Gasteiger partial charge in [0, 0.05) is 37.5 Å². The molecular formula is C25H28FN3O3. The van der Waals surface area contributed by atoms with Gasteiger partial charge in [-0.25, -0.2) is 9.18 Å². The van der Waals surface area contributed by atoms with Gasteiger partial charge in [0.1, 0.15) is 11.9 Å². The fraction of sp³-hybridized carbons (Fsp3) is 0.320. The number of carbonyl (C=O) groups excluding carboxylic acids is 1. The van der Waals surface area contributed by atoms with Gasteiger partial charge in [0.25, 0.3) is 0 Å². The predicted molar refractivity (Wildman–Crippen MR) is 120 cm³/mol. The van der Waals surface area contributed by atoms with Gasteiger partial charge in [0.2, 0.25) is 0 Å². The maximum Gasteiger partial charge on any atom is 0.410 e. The first-order valence-corrected chi connectivity index (χ1v) is 10.7. The minimum absolute atomic E-state index is 0.0535. The highest BCUT2D eigenvalue weighted by atomic mass is 19.1. The standard InChI is InChI=1S/C19H23N3O3.C6H5F/c1-14(22-11-8-17(3-2-12-23)25-19(22)24)15-4-6-16(7-5-15)18-13-20-9-10-21-18;7-6-4-2-1-3-5-6/h4-7,9-10,13-14,17,23H,2-3,8,11-12H2,1H3;1-5H. The lowest BCUT2D eigenvalue weighted by Crippen LogP contribution is -2.43. The number of carbonyl (C=O) groups is 1. The maximum absolute atomic E-state index is 12.3. The molecule has 1 saturated heterocycles. The Kier molecular flexibility index (Phi) is 8.69. The Bertz CT molecular complexity index is 955. The van der Waals surface area contributed by atoms with Gasteiger partial charge in [-0.2, -0.15) is 0 Å². The Balaban J connectivity index is 0.000000352. The van der Waals surface area contributed by atoms with Gasteiger partial charge in [0.15, 0.2) is 0 Å². The molecule has 1 amide bonds. The van der Waals surface area contributed by atoms with Gasteiger partial charge in [-0.1, -0.05) is 42.5 Å². The molecule has 1 aliphatic rings. The molecule has 168 valence electrons. The Morgan fingerprint density at radius 1 is 1.16 bits per heavy atom. The Hall–Kier alpha value is -3.32. The van der Waals surface area contributed by atoms with Crippen molar-refractivity contribution in [3.63, 3.8) is 0 Å². The normalized spacial score (nSPS) is 16.5. The summed E-state index contributed by atoms with van der Waals surface area (Å²) in [6.07, 6.45) is 6.87. The lowest BCUT2D eigenvalue weighted by Gasteiger charge is -2.35. The molecule has 1 fully saturated rings. The monoisotopic (exact) mass is 437 g/mol. The first-order chi connectivity index (χ1) is 15.6. The van der Waals surface area contributed by atoms with Crippen LogP contribution >= 0.6 is 0 Å². The number of nitrogens with zero attached hydrogens (tertiary/aromatic N) is 3. The van der Waals surface area contributed by atoms with Crippen molar-refractivity contribution in [1.82, 2.24) is 14.9 Å². The van der Waals surface area contributed by atoms with Crippen molar-refractivity contribution in [3.05, 3.63) is 84.6 Å². The fourth-order valence-electron chi connectivity index (χ4n) is 3.49. The molecule has 1 N–H and O–H groups in total. The van der Waals surface area contributed by atoms with Crippen LogP contribution in [0.15, 0.2) is 73.2 Å². The molecular weight excluding hydrogens is 409 g/mol. The number of benzene rings is 2. The van der Waals surface area contributed by atoms with E-state index in [0.717, 1.165) is 29.7 Å². The molecule has 2 aromatic carbocycles. The molecule has 1 aromatic heterocycles. The summed E-state index contributed by atoms with van der Waals surface area (Å²) < 4.78 is 17.4. The van der Waals surface area contributed by atoms with Gasteiger partial charge in [0.05, 0.1) is 17.9 Å². The second kappa shape index (κ2) is 11.9. The number of amides is 1. The minimum Gasteiger partial charge on any atom is -0.446 e. The van der Waals surface area contributed by atoms with E-state index >= 15 is 0 Å². The van der Waals surface area contributed by atoms with Crippen molar-refractivity contribution in [3.8, 4) is 11.3 Å². The van der Waals surface area contributed by atoms with Gasteiger partial charge in [-0.3, -0.25) is 9.97 Å². The van der Waals surface area contributed by atoms with E-state index in [9.17, 15) is 9.18 Å². The van der Waals surface area contributed by atoms with Crippen molar-refractivity contribution in [2.45, 2.75) is 38.3 Å². The van der Waals surface area contributed by atoms with E-state index in [0.29, 0.717) is 13.0 Å². The summed E-state index contributed by atoms with van der Waals surface area (Å²) >= 11 is 0. The summed E-state index contributed by atoms with van der Waals surface area (Å²) in [5.74, 6) is -0.178. The zero-order chi connectivity index (χ0) is 22.8. The zero-order valence-electron chi connectivity index (χ0n) is 18.1. The average molecular weight is 438 g/mol. The highest BCUT2D eigenvalue weighted by molar-refractivity contribution is 5.69. The Morgan fingerprint density at radius 3 is 2.47 bits per heavy atom. The number of halogens is 1. The molecule has 32 heavy (non-hydrogen) atoms. The molecule has 0 radical (unpaired) electrons. The van der Waals surface area contributed by atoms with E-state index in [1.54, 1.807) is 41.7 Å². The van der Waals surface area contributed by atoms with Crippen molar-refractivity contribution in [1.29, 1.82) is 0 Å². The summed E-state index contributed by atoms with van der Waals surface area (Å²) in [6, 6.07) is 15.9. The molecule has 6 nitrogen and oxygen atoms in total. The number of hydrogen-bond donors (Lipinski definition) is 1. The molecule has 2 unspecified atom stereocenters. The number of ether oxygens (including phenoxy) is 1. The predicted octanol–water partition coefficient (Wildman–Crippen LogP) is 5.01. The highest BCUT2D eigenvalue weighted by Crippen LogP contribution is 2.27. The Morgan fingerprint density at radius 2 is 1.91 bits per heavy atom. The highest BCUT2D eigenvalue weighted by Gasteiger charge is 2.30. The molecule has 3 aromatic rings. The van der Waals surface area contributed by atoms with E-state index in [1.807, 2.05) is 31.2 Å². The van der Waals surface area contributed by atoms with Crippen molar-refractivity contribution in [2.75, 3.05) is 13.2 Å². The fourth-order valence-corrected chi connectivity index (χ4v) is 3.49. The first-order valence-electron chi connectivity index (χ1n) is 10.7. The Labute approximate surface area is 187 Å². The molecule has 0 aliphatic carbocycles. The van der Waals surface area contributed by atoms with Crippen LogP contribution in [0.3, 0.4) is 0 Å². The van der Waals surface area contributed by atoms with E-state index in [2.05, 4.69) is 9.97 Å². The number of aliphatic hydroxyl groups excluding tert-OH is 1. The molecule has 7 heteroatoms. The molecule has 2 heterocycles. The molecule has 2 atom stereocenters. The summed E-state index contributed by atoms with van der Waals surface area (Å²) in [7, 11) is 0. The zero-order valence-corrected chi connectivity index (χ0v) is 18.1. The molecule has 0 spiro atoms. The summed E-state index contributed by atoms with van der Waals surface area (Å²) in [5.41, 5.74) is 2.87. The van der Waals surface area contributed by atoms with Crippen LogP contribution in [-0.2, 0) is 4.74 Å². The van der Waals surface area contributed by atoms with Crippen LogP contribution in [0.1, 0.15) is 37.8 Å². The summed E-state index contributed by atoms with van der Waals surface area (Å²) in [5, 5.41) is 8.90. The number of aromatic nitrogens is 2. The van der Waals surface area contributed by atoms with Crippen LogP contribution in [0.2, 0.25) is 0 Å².